The summed E-state index contributed by atoms with van der Waals surface area (Å²) < 4.78 is 11.9. The van der Waals surface area contributed by atoms with E-state index in [4.69, 9.17) is 9.47 Å². The first-order valence-electron chi connectivity index (χ1n) is 8.99. The number of epoxide rings is 1. The zero-order valence-corrected chi connectivity index (χ0v) is 15.4. The highest BCUT2D eigenvalue weighted by Crippen LogP contribution is 2.55. The Hall–Kier alpha value is -0.610. The van der Waals surface area contributed by atoms with Crippen LogP contribution in [0.3, 0.4) is 0 Å². The molecule has 4 heteroatoms. The summed E-state index contributed by atoms with van der Waals surface area (Å²) in [6.07, 6.45) is 3.93. The molecule has 1 heterocycles. The molecule has 6 atom stereocenters. The lowest BCUT2D eigenvalue weighted by Crippen LogP contribution is -2.49. The molecule has 6 unspecified atom stereocenters. The van der Waals surface area contributed by atoms with Crippen LogP contribution in [-0.4, -0.2) is 34.5 Å². The van der Waals surface area contributed by atoms with Gasteiger partial charge in [0.05, 0.1) is 17.1 Å². The second-order valence-corrected chi connectivity index (χ2v) is 9.78. The van der Waals surface area contributed by atoms with E-state index in [1.807, 2.05) is 13.8 Å². The van der Waals surface area contributed by atoms with Gasteiger partial charge in [-0.25, -0.2) is 0 Å². The molecular formula is C19H32O4. The molecular weight excluding hydrogens is 292 g/mol. The fourth-order valence-corrected chi connectivity index (χ4v) is 4.58. The molecule has 0 amide bonds. The van der Waals surface area contributed by atoms with E-state index in [1.54, 1.807) is 0 Å². The van der Waals surface area contributed by atoms with E-state index in [-0.39, 0.29) is 35.1 Å². The van der Waals surface area contributed by atoms with Gasteiger partial charge in [0.2, 0.25) is 0 Å². The number of esters is 1. The van der Waals surface area contributed by atoms with Gasteiger partial charge in [-0.05, 0) is 64.2 Å². The lowest BCUT2D eigenvalue weighted by molar-refractivity contribution is -0.176. The summed E-state index contributed by atoms with van der Waals surface area (Å²) in [4.78, 5) is 13.0. The number of fused-ring (bicyclic) bond motifs is 1. The van der Waals surface area contributed by atoms with Crippen LogP contribution in [0.4, 0.5) is 0 Å². The maximum atomic E-state index is 13.0. The van der Waals surface area contributed by atoms with Crippen LogP contribution >= 0.6 is 0 Å². The molecule has 0 radical (unpaired) electrons. The van der Waals surface area contributed by atoms with Crippen molar-refractivity contribution in [3.8, 4) is 0 Å². The Kier molecular flexibility index (Phi) is 3.71. The third-order valence-corrected chi connectivity index (χ3v) is 6.83. The van der Waals surface area contributed by atoms with Crippen molar-refractivity contribution in [2.24, 2.45) is 16.7 Å². The maximum Gasteiger partial charge on any atom is 0.312 e. The topological polar surface area (TPSA) is 59.1 Å². The summed E-state index contributed by atoms with van der Waals surface area (Å²) in [5, 5.41) is 10.3. The SMILES string of the molecule is CC1CC(C)(O)CCC1(C)C(=O)OC1CC(C)(C)CC2OC12C. The number of ether oxygens (including phenoxy) is 2. The highest BCUT2D eigenvalue weighted by molar-refractivity contribution is 5.77. The predicted octanol–water partition coefficient (Wildman–Crippen LogP) is 3.45. The van der Waals surface area contributed by atoms with E-state index in [0.29, 0.717) is 19.3 Å². The molecule has 0 spiro atoms. The van der Waals surface area contributed by atoms with Crippen LogP contribution < -0.4 is 0 Å². The standard InChI is InChI=1S/C19H32O4/c1-12-9-17(4,21)7-8-18(12,5)15(20)22-13-10-16(2,3)11-14-19(13,6)23-14/h12-14,21H,7-11H2,1-6H3. The summed E-state index contributed by atoms with van der Waals surface area (Å²) in [6, 6.07) is 0. The molecule has 0 bridgehead atoms. The zero-order chi connectivity index (χ0) is 17.3. The molecule has 3 aliphatic rings. The Bertz CT molecular complexity index is 511. The quantitative estimate of drug-likeness (QED) is 0.624. The van der Waals surface area contributed by atoms with Crippen LogP contribution in [0.25, 0.3) is 0 Å². The van der Waals surface area contributed by atoms with Gasteiger partial charge in [0.25, 0.3) is 0 Å². The van der Waals surface area contributed by atoms with Crippen LogP contribution in [0.2, 0.25) is 0 Å². The van der Waals surface area contributed by atoms with Gasteiger partial charge in [0.15, 0.2) is 0 Å². The first-order valence-corrected chi connectivity index (χ1v) is 8.99. The zero-order valence-electron chi connectivity index (χ0n) is 15.4. The van der Waals surface area contributed by atoms with Crippen molar-refractivity contribution in [1.82, 2.24) is 0 Å². The molecule has 4 nitrogen and oxygen atoms in total. The Morgan fingerprint density at radius 1 is 1.09 bits per heavy atom. The molecule has 2 aliphatic carbocycles. The average Bonchev–Trinajstić information content (AvgIpc) is 3.04. The van der Waals surface area contributed by atoms with Crippen molar-refractivity contribution >= 4 is 5.97 Å². The average molecular weight is 324 g/mol. The van der Waals surface area contributed by atoms with E-state index >= 15 is 0 Å². The molecule has 3 rings (SSSR count). The highest BCUT2D eigenvalue weighted by atomic mass is 16.6. The Labute approximate surface area is 139 Å². The summed E-state index contributed by atoms with van der Waals surface area (Å²) in [7, 11) is 0. The molecule has 1 aliphatic heterocycles. The van der Waals surface area contributed by atoms with Crippen molar-refractivity contribution in [3.63, 3.8) is 0 Å². The maximum absolute atomic E-state index is 13.0. The fourth-order valence-electron chi connectivity index (χ4n) is 4.58. The first-order chi connectivity index (χ1) is 10.4. The van der Waals surface area contributed by atoms with Crippen molar-refractivity contribution in [2.45, 2.75) is 97.1 Å². The van der Waals surface area contributed by atoms with E-state index in [1.165, 1.54) is 0 Å². The van der Waals surface area contributed by atoms with Gasteiger partial charge in [-0.3, -0.25) is 4.79 Å². The normalized spacial score (nSPS) is 51.7. The molecule has 0 aromatic heterocycles. The van der Waals surface area contributed by atoms with Gasteiger partial charge in [0.1, 0.15) is 11.7 Å². The molecule has 23 heavy (non-hydrogen) atoms. The lowest BCUT2D eigenvalue weighted by atomic mass is 9.64. The molecule has 3 fully saturated rings. The highest BCUT2D eigenvalue weighted by Gasteiger charge is 2.65. The van der Waals surface area contributed by atoms with Crippen LogP contribution in [0.5, 0.6) is 0 Å². The van der Waals surface area contributed by atoms with E-state index < -0.39 is 11.0 Å². The smallest absolute Gasteiger partial charge is 0.312 e. The Balaban J connectivity index is 1.71. The number of hydrogen-bond acceptors (Lipinski definition) is 4. The number of carbonyl (C=O) groups excluding carboxylic acids is 1. The monoisotopic (exact) mass is 324 g/mol. The third kappa shape index (κ3) is 2.93. The van der Waals surface area contributed by atoms with E-state index in [9.17, 15) is 9.90 Å². The summed E-state index contributed by atoms with van der Waals surface area (Å²) >= 11 is 0. The Morgan fingerprint density at radius 2 is 1.74 bits per heavy atom. The van der Waals surface area contributed by atoms with Gasteiger partial charge < -0.3 is 14.6 Å². The number of rotatable bonds is 2. The molecule has 1 N–H and O–H groups in total. The van der Waals surface area contributed by atoms with Crippen LogP contribution in [0.1, 0.15) is 73.6 Å². The summed E-state index contributed by atoms with van der Waals surface area (Å²) in [5.41, 5.74) is -1.31. The minimum Gasteiger partial charge on any atom is -0.459 e. The van der Waals surface area contributed by atoms with Crippen molar-refractivity contribution in [3.05, 3.63) is 0 Å². The minimum absolute atomic E-state index is 0.110. The molecule has 0 aromatic carbocycles. The van der Waals surface area contributed by atoms with E-state index in [0.717, 1.165) is 12.8 Å². The second kappa shape index (κ2) is 4.95. The predicted molar refractivity (Wildman–Crippen MR) is 87.9 cm³/mol. The first kappa shape index (κ1) is 17.2. The summed E-state index contributed by atoms with van der Waals surface area (Å²) in [5.74, 6) is -0.00208. The number of hydrogen-bond donors (Lipinski definition) is 1. The van der Waals surface area contributed by atoms with Gasteiger partial charge in [-0.1, -0.05) is 20.8 Å². The number of carbonyl (C=O) groups is 1. The third-order valence-electron chi connectivity index (χ3n) is 6.83. The molecule has 1 saturated heterocycles. The minimum atomic E-state index is -0.664. The molecule has 0 aromatic rings. The van der Waals surface area contributed by atoms with Gasteiger partial charge in [-0.15, -0.1) is 0 Å². The van der Waals surface area contributed by atoms with Crippen molar-refractivity contribution in [2.75, 3.05) is 0 Å². The lowest BCUT2D eigenvalue weighted by Gasteiger charge is -2.45. The largest absolute Gasteiger partial charge is 0.459 e. The van der Waals surface area contributed by atoms with Gasteiger partial charge >= 0.3 is 5.97 Å². The van der Waals surface area contributed by atoms with E-state index in [2.05, 4.69) is 27.7 Å². The van der Waals surface area contributed by atoms with Crippen molar-refractivity contribution in [1.29, 1.82) is 0 Å². The molecule has 2 saturated carbocycles. The number of aliphatic hydroxyl groups is 1. The second-order valence-electron chi connectivity index (χ2n) is 9.78. The van der Waals surface area contributed by atoms with Gasteiger partial charge in [-0.2, -0.15) is 0 Å². The van der Waals surface area contributed by atoms with Crippen molar-refractivity contribution < 1.29 is 19.4 Å². The van der Waals surface area contributed by atoms with Crippen LogP contribution in [0, 0.1) is 16.7 Å². The van der Waals surface area contributed by atoms with Gasteiger partial charge in [0, 0.05) is 0 Å². The van der Waals surface area contributed by atoms with Crippen LogP contribution in [0.15, 0.2) is 0 Å². The fraction of sp³-hybridized carbons (Fsp3) is 0.947. The van der Waals surface area contributed by atoms with Crippen LogP contribution in [-0.2, 0) is 14.3 Å². The summed E-state index contributed by atoms with van der Waals surface area (Å²) in [6.45, 7) is 12.4. The molecule has 132 valence electrons. The Morgan fingerprint density at radius 3 is 2.35 bits per heavy atom.